The van der Waals surface area contributed by atoms with Crippen LogP contribution in [0.3, 0.4) is 0 Å². The Kier molecular flexibility index (Phi) is 5.55. The molecule has 140 valence electrons. The van der Waals surface area contributed by atoms with Crippen molar-refractivity contribution in [3.05, 3.63) is 47.5 Å². The number of aromatic nitrogens is 3. The maximum atomic E-state index is 12.6. The highest BCUT2D eigenvalue weighted by atomic mass is 19.4. The van der Waals surface area contributed by atoms with Crippen molar-refractivity contribution in [2.24, 2.45) is 0 Å². The molecule has 1 saturated heterocycles. The van der Waals surface area contributed by atoms with Gasteiger partial charge in [-0.05, 0) is 37.6 Å². The lowest BCUT2D eigenvalue weighted by molar-refractivity contribution is -0.141. The molecule has 9 heteroatoms. The second-order valence-corrected chi connectivity index (χ2v) is 6.27. The minimum absolute atomic E-state index is 0.0750. The first-order chi connectivity index (χ1) is 12.4. The Bertz CT molecular complexity index is 725. The van der Waals surface area contributed by atoms with E-state index in [1.165, 1.54) is 6.42 Å². The molecule has 0 radical (unpaired) electrons. The van der Waals surface area contributed by atoms with E-state index in [2.05, 4.69) is 20.3 Å². The molecule has 6 nitrogen and oxygen atoms in total. The van der Waals surface area contributed by atoms with Gasteiger partial charge in [-0.1, -0.05) is 12.5 Å². The van der Waals surface area contributed by atoms with E-state index >= 15 is 0 Å². The predicted molar refractivity (Wildman–Crippen MR) is 88.3 cm³/mol. The van der Waals surface area contributed by atoms with Crippen molar-refractivity contribution in [3.63, 3.8) is 0 Å². The van der Waals surface area contributed by atoms with Gasteiger partial charge in [-0.15, -0.1) is 0 Å². The summed E-state index contributed by atoms with van der Waals surface area (Å²) >= 11 is 0. The van der Waals surface area contributed by atoms with Crippen LogP contribution in [0.2, 0.25) is 0 Å². The van der Waals surface area contributed by atoms with E-state index in [1.807, 2.05) is 17.2 Å². The lowest BCUT2D eigenvalue weighted by Gasteiger charge is -2.34. The van der Waals surface area contributed by atoms with Gasteiger partial charge in [0.25, 0.3) is 5.91 Å². The largest absolute Gasteiger partial charge is 0.432 e. The number of hydrogen-bond acceptors (Lipinski definition) is 4. The molecule has 0 unspecified atom stereocenters. The third-order valence-corrected chi connectivity index (χ3v) is 4.47. The molecule has 1 amide bonds. The van der Waals surface area contributed by atoms with Gasteiger partial charge < -0.3 is 5.32 Å². The summed E-state index contributed by atoms with van der Waals surface area (Å²) in [6.45, 7) is 2.10. The lowest BCUT2D eigenvalue weighted by Crippen LogP contribution is -2.40. The van der Waals surface area contributed by atoms with Crippen molar-refractivity contribution < 1.29 is 18.0 Å². The van der Waals surface area contributed by atoms with Gasteiger partial charge in [-0.3, -0.25) is 19.8 Å². The van der Waals surface area contributed by atoms with E-state index in [4.69, 9.17) is 0 Å². The van der Waals surface area contributed by atoms with Crippen molar-refractivity contribution in [1.82, 2.24) is 25.4 Å². The van der Waals surface area contributed by atoms with Gasteiger partial charge in [0.15, 0.2) is 5.69 Å². The molecule has 1 aliphatic rings. The summed E-state index contributed by atoms with van der Waals surface area (Å²) in [5.41, 5.74) is -0.351. The number of alkyl halides is 3. The highest BCUT2D eigenvalue weighted by Gasteiger charge is 2.34. The maximum absolute atomic E-state index is 12.6. The van der Waals surface area contributed by atoms with Crippen LogP contribution in [0.4, 0.5) is 13.2 Å². The molecule has 2 N–H and O–H groups in total. The Hall–Kier alpha value is -2.42. The average molecular weight is 367 g/mol. The third kappa shape index (κ3) is 4.40. The molecule has 3 rings (SSSR count). The minimum Gasteiger partial charge on any atom is -0.349 e. The number of pyridine rings is 1. The highest BCUT2D eigenvalue weighted by Crippen LogP contribution is 2.28. The van der Waals surface area contributed by atoms with Gasteiger partial charge in [-0.25, -0.2) is 0 Å². The first-order valence-electron chi connectivity index (χ1n) is 8.50. The van der Waals surface area contributed by atoms with Crippen molar-refractivity contribution in [3.8, 4) is 0 Å². The SMILES string of the molecule is O=C(NC[C@@H](c1cccnc1)N1CCCCC1)c1cc(C(F)(F)F)[nH]n1. The molecule has 1 aliphatic heterocycles. The average Bonchev–Trinajstić information content (AvgIpc) is 3.14. The van der Waals surface area contributed by atoms with Crippen LogP contribution in [-0.2, 0) is 6.18 Å². The number of nitrogens with one attached hydrogen (secondary N) is 2. The molecule has 0 aliphatic carbocycles. The summed E-state index contributed by atoms with van der Waals surface area (Å²) in [7, 11) is 0. The molecule has 2 aromatic heterocycles. The van der Waals surface area contributed by atoms with E-state index in [9.17, 15) is 18.0 Å². The number of aromatic amines is 1. The number of hydrogen-bond donors (Lipinski definition) is 2. The molecular formula is C17H20F3N5O. The number of halogens is 3. The normalized spacial score (nSPS) is 17.0. The zero-order chi connectivity index (χ0) is 18.6. The Balaban J connectivity index is 1.69. The van der Waals surface area contributed by atoms with E-state index in [0.29, 0.717) is 0 Å². The van der Waals surface area contributed by atoms with Gasteiger partial charge in [-0.2, -0.15) is 18.3 Å². The number of piperidine rings is 1. The van der Waals surface area contributed by atoms with Gasteiger partial charge >= 0.3 is 6.18 Å². The third-order valence-electron chi connectivity index (χ3n) is 4.47. The van der Waals surface area contributed by atoms with E-state index < -0.39 is 17.8 Å². The molecule has 0 aromatic carbocycles. The van der Waals surface area contributed by atoms with Gasteiger partial charge in [0.1, 0.15) is 5.69 Å². The number of rotatable bonds is 5. The number of carbonyl (C=O) groups is 1. The van der Waals surface area contributed by atoms with Crippen LogP contribution in [0.25, 0.3) is 0 Å². The van der Waals surface area contributed by atoms with Crippen LogP contribution in [-0.4, -0.2) is 45.6 Å². The van der Waals surface area contributed by atoms with Crippen molar-refractivity contribution in [1.29, 1.82) is 0 Å². The number of carbonyl (C=O) groups excluding carboxylic acids is 1. The molecule has 0 saturated carbocycles. The molecular weight excluding hydrogens is 347 g/mol. The summed E-state index contributed by atoms with van der Waals surface area (Å²) in [4.78, 5) is 18.6. The Morgan fingerprint density at radius 2 is 2.08 bits per heavy atom. The summed E-state index contributed by atoms with van der Waals surface area (Å²) in [5, 5.41) is 8.02. The van der Waals surface area contributed by atoms with E-state index in [-0.39, 0.29) is 18.3 Å². The fourth-order valence-electron chi connectivity index (χ4n) is 3.12. The van der Waals surface area contributed by atoms with Crippen molar-refractivity contribution >= 4 is 5.91 Å². The zero-order valence-electron chi connectivity index (χ0n) is 14.1. The summed E-state index contributed by atoms with van der Waals surface area (Å²) in [6.07, 6.45) is 2.21. The summed E-state index contributed by atoms with van der Waals surface area (Å²) in [6, 6.07) is 4.41. The number of H-pyrrole nitrogens is 1. The molecule has 2 aromatic rings. The zero-order valence-corrected chi connectivity index (χ0v) is 14.1. The van der Waals surface area contributed by atoms with Crippen LogP contribution in [0.1, 0.15) is 47.1 Å². The van der Waals surface area contributed by atoms with Gasteiger partial charge in [0.2, 0.25) is 0 Å². The second kappa shape index (κ2) is 7.86. The molecule has 3 heterocycles. The van der Waals surface area contributed by atoms with Crippen LogP contribution in [0, 0.1) is 0 Å². The van der Waals surface area contributed by atoms with Crippen LogP contribution < -0.4 is 5.32 Å². The number of likely N-dealkylation sites (tertiary alicyclic amines) is 1. The summed E-state index contributed by atoms with van der Waals surface area (Å²) < 4.78 is 37.9. The van der Waals surface area contributed by atoms with Gasteiger partial charge in [0, 0.05) is 25.0 Å². The second-order valence-electron chi connectivity index (χ2n) is 6.27. The maximum Gasteiger partial charge on any atom is 0.432 e. The molecule has 0 spiro atoms. The lowest BCUT2D eigenvalue weighted by atomic mass is 10.0. The Morgan fingerprint density at radius 1 is 1.31 bits per heavy atom. The van der Waals surface area contributed by atoms with E-state index in [1.54, 1.807) is 12.4 Å². The molecule has 0 bridgehead atoms. The monoisotopic (exact) mass is 367 g/mol. The predicted octanol–water partition coefficient (Wildman–Crippen LogP) is 2.78. The van der Waals surface area contributed by atoms with Crippen LogP contribution in [0.15, 0.2) is 30.6 Å². The van der Waals surface area contributed by atoms with Gasteiger partial charge in [0.05, 0.1) is 6.04 Å². The number of amides is 1. The highest BCUT2D eigenvalue weighted by molar-refractivity contribution is 5.92. The smallest absolute Gasteiger partial charge is 0.349 e. The Morgan fingerprint density at radius 3 is 2.69 bits per heavy atom. The fraction of sp³-hybridized carbons (Fsp3) is 0.471. The van der Waals surface area contributed by atoms with E-state index in [0.717, 1.165) is 37.6 Å². The minimum atomic E-state index is -4.56. The summed E-state index contributed by atoms with van der Waals surface area (Å²) in [5.74, 6) is -0.636. The first kappa shape index (κ1) is 18.4. The molecule has 1 fully saturated rings. The Labute approximate surface area is 148 Å². The van der Waals surface area contributed by atoms with Crippen molar-refractivity contribution in [2.75, 3.05) is 19.6 Å². The molecule has 1 atom stereocenters. The van der Waals surface area contributed by atoms with Crippen LogP contribution in [0.5, 0.6) is 0 Å². The molecule has 26 heavy (non-hydrogen) atoms. The fourth-order valence-corrected chi connectivity index (χ4v) is 3.12. The van der Waals surface area contributed by atoms with Crippen LogP contribution >= 0.6 is 0 Å². The van der Waals surface area contributed by atoms with Crippen molar-refractivity contribution in [2.45, 2.75) is 31.5 Å². The number of nitrogens with zero attached hydrogens (tertiary/aromatic N) is 3. The first-order valence-corrected chi connectivity index (χ1v) is 8.50. The topological polar surface area (TPSA) is 73.9 Å². The quantitative estimate of drug-likeness (QED) is 0.852. The standard InChI is InChI=1S/C17H20F3N5O/c18-17(19,20)15-9-13(23-24-15)16(26)22-11-14(12-5-4-6-21-10-12)25-7-2-1-3-8-25/h4-6,9-10,14H,1-3,7-8,11H2,(H,22,26)(H,23,24)/t14-/m0/s1.